The lowest BCUT2D eigenvalue weighted by molar-refractivity contribution is -0.122. The Morgan fingerprint density at radius 1 is 1.25 bits per heavy atom. The van der Waals surface area contributed by atoms with E-state index in [0.29, 0.717) is 32.2 Å². The van der Waals surface area contributed by atoms with Gasteiger partial charge in [0.15, 0.2) is 0 Å². The van der Waals surface area contributed by atoms with Crippen LogP contribution in [0.2, 0.25) is 0 Å². The lowest BCUT2D eigenvalue weighted by Gasteiger charge is -2.29. The number of hydrogen-bond acceptors (Lipinski definition) is 4. The Bertz CT molecular complexity index is 835. The monoisotopic (exact) mass is 381 g/mol. The zero-order chi connectivity index (χ0) is 20.0. The minimum Gasteiger partial charge on any atom is -0.497 e. The number of ether oxygens (including phenoxy) is 1. The van der Waals surface area contributed by atoms with Gasteiger partial charge in [0.25, 0.3) is 0 Å². The van der Waals surface area contributed by atoms with Gasteiger partial charge < -0.3 is 15.4 Å². The average molecular weight is 381 g/mol. The Labute approximate surface area is 165 Å². The Balaban J connectivity index is 1.57. The Morgan fingerprint density at radius 2 is 2.04 bits per heavy atom. The number of hydrogen-bond donors (Lipinski definition) is 2. The fourth-order valence-corrected chi connectivity index (χ4v) is 3.64. The van der Waals surface area contributed by atoms with Crippen LogP contribution in [0.4, 0.5) is 0 Å². The van der Waals surface area contributed by atoms with E-state index in [2.05, 4.69) is 15.6 Å². The molecular weight excluding hydrogens is 354 g/mol. The molecule has 1 unspecified atom stereocenters. The predicted octanol–water partition coefficient (Wildman–Crippen LogP) is 2.69. The third-order valence-electron chi connectivity index (χ3n) is 5.18. The van der Waals surface area contributed by atoms with Crippen molar-refractivity contribution in [3.8, 4) is 5.75 Å². The van der Waals surface area contributed by atoms with Crippen molar-refractivity contribution >= 4 is 11.8 Å². The minimum atomic E-state index is -0.370. The van der Waals surface area contributed by atoms with Crippen LogP contribution in [-0.2, 0) is 22.6 Å². The molecule has 1 saturated heterocycles. The van der Waals surface area contributed by atoms with Gasteiger partial charge in [-0.25, -0.2) is 0 Å². The van der Waals surface area contributed by atoms with Gasteiger partial charge in [0.05, 0.1) is 19.3 Å². The van der Waals surface area contributed by atoms with Crippen LogP contribution in [0, 0.1) is 6.92 Å². The first-order chi connectivity index (χ1) is 13.5. The largest absolute Gasteiger partial charge is 0.497 e. The number of pyridine rings is 1. The van der Waals surface area contributed by atoms with Crippen molar-refractivity contribution in [3.05, 3.63) is 59.4 Å². The molecule has 1 aromatic heterocycles. The van der Waals surface area contributed by atoms with Crippen molar-refractivity contribution in [2.45, 2.75) is 51.1 Å². The van der Waals surface area contributed by atoms with E-state index in [0.717, 1.165) is 29.1 Å². The predicted molar refractivity (Wildman–Crippen MR) is 107 cm³/mol. The molecule has 2 N–H and O–H groups in total. The summed E-state index contributed by atoms with van der Waals surface area (Å²) < 4.78 is 5.20. The molecule has 148 valence electrons. The number of carbonyl (C=O) groups excluding carboxylic acids is 2. The van der Waals surface area contributed by atoms with Crippen LogP contribution >= 0.6 is 0 Å². The second-order valence-corrected chi connectivity index (χ2v) is 7.40. The van der Waals surface area contributed by atoms with Gasteiger partial charge in [-0.15, -0.1) is 0 Å². The average Bonchev–Trinajstić information content (AvgIpc) is 3.06. The van der Waals surface area contributed by atoms with E-state index in [1.807, 2.05) is 49.4 Å². The Hall–Kier alpha value is -2.89. The van der Waals surface area contributed by atoms with Crippen molar-refractivity contribution in [2.24, 2.45) is 0 Å². The maximum absolute atomic E-state index is 12.3. The Kier molecular flexibility index (Phi) is 6.29. The van der Waals surface area contributed by atoms with Crippen molar-refractivity contribution in [1.82, 2.24) is 15.6 Å². The summed E-state index contributed by atoms with van der Waals surface area (Å²) in [6.45, 7) is 2.34. The third-order valence-corrected chi connectivity index (χ3v) is 5.18. The second kappa shape index (κ2) is 8.87. The number of aromatic nitrogens is 1. The van der Waals surface area contributed by atoms with E-state index in [9.17, 15) is 9.59 Å². The number of amides is 2. The number of aryl methyl sites for hydroxylation is 1. The summed E-state index contributed by atoms with van der Waals surface area (Å²) in [7, 11) is 1.64. The highest BCUT2D eigenvalue weighted by Crippen LogP contribution is 2.30. The molecule has 1 aliphatic heterocycles. The van der Waals surface area contributed by atoms with Crippen molar-refractivity contribution in [2.75, 3.05) is 7.11 Å². The number of nitrogens with one attached hydrogen (secondary N) is 2. The molecule has 0 bridgehead atoms. The van der Waals surface area contributed by atoms with Gasteiger partial charge in [0.2, 0.25) is 11.8 Å². The molecule has 1 aliphatic rings. The quantitative estimate of drug-likeness (QED) is 0.737. The van der Waals surface area contributed by atoms with Gasteiger partial charge in [0.1, 0.15) is 5.75 Å². The molecule has 1 fully saturated rings. The van der Waals surface area contributed by atoms with E-state index < -0.39 is 0 Å². The molecule has 2 heterocycles. The molecule has 28 heavy (non-hydrogen) atoms. The van der Waals surface area contributed by atoms with Crippen LogP contribution in [0.3, 0.4) is 0 Å². The third kappa shape index (κ3) is 5.31. The minimum absolute atomic E-state index is 0.0291. The van der Waals surface area contributed by atoms with Crippen molar-refractivity contribution in [3.63, 3.8) is 0 Å². The highest BCUT2D eigenvalue weighted by Gasteiger charge is 2.37. The van der Waals surface area contributed by atoms with Crippen LogP contribution in [0.5, 0.6) is 5.75 Å². The first-order valence-electron chi connectivity index (χ1n) is 9.61. The fourth-order valence-electron chi connectivity index (χ4n) is 3.64. The van der Waals surface area contributed by atoms with E-state index in [1.54, 1.807) is 7.11 Å². The van der Waals surface area contributed by atoms with E-state index in [-0.39, 0.29) is 17.4 Å². The molecule has 0 spiro atoms. The smallest absolute Gasteiger partial charge is 0.220 e. The number of benzene rings is 1. The number of methoxy groups -OCH3 is 1. The van der Waals surface area contributed by atoms with Gasteiger partial charge in [-0.2, -0.15) is 0 Å². The molecule has 1 aromatic carbocycles. The summed E-state index contributed by atoms with van der Waals surface area (Å²) in [5.41, 5.74) is 2.52. The fraction of sp³-hybridized carbons (Fsp3) is 0.409. The molecule has 0 saturated carbocycles. The van der Waals surface area contributed by atoms with Gasteiger partial charge >= 0.3 is 0 Å². The molecule has 3 rings (SSSR count). The number of carbonyl (C=O) groups is 2. The second-order valence-electron chi connectivity index (χ2n) is 7.40. The van der Waals surface area contributed by atoms with Gasteiger partial charge in [-0.1, -0.05) is 18.2 Å². The molecule has 1 atom stereocenters. The number of nitrogens with zero attached hydrogens (tertiary/aromatic N) is 1. The molecule has 2 aromatic rings. The highest BCUT2D eigenvalue weighted by molar-refractivity contribution is 5.80. The standard InChI is InChI=1S/C22H27N3O3/c1-16-4-3-5-18(24-16)15-23-20(26)10-12-22(13-11-21(27)25-22)14-17-6-8-19(28-2)9-7-17/h3-9H,10-15H2,1-2H3,(H,23,26)(H,25,27). The molecule has 6 heteroatoms. The maximum Gasteiger partial charge on any atom is 0.220 e. The molecule has 2 amide bonds. The number of rotatable bonds is 8. The van der Waals surface area contributed by atoms with Crippen LogP contribution < -0.4 is 15.4 Å². The van der Waals surface area contributed by atoms with E-state index >= 15 is 0 Å². The maximum atomic E-state index is 12.3. The van der Waals surface area contributed by atoms with Crippen LogP contribution in [-0.4, -0.2) is 29.4 Å². The molecular formula is C22H27N3O3. The van der Waals surface area contributed by atoms with Crippen LogP contribution in [0.15, 0.2) is 42.5 Å². The summed E-state index contributed by atoms with van der Waals surface area (Å²) in [5.74, 6) is 0.828. The summed E-state index contributed by atoms with van der Waals surface area (Å²) in [5, 5.41) is 6.05. The highest BCUT2D eigenvalue weighted by atomic mass is 16.5. The first kappa shape index (κ1) is 19.9. The molecule has 0 radical (unpaired) electrons. The lowest BCUT2D eigenvalue weighted by Crippen LogP contribution is -2.44. The zero-order valence-corrected chi connectivity index (χ0v) is 16.5. The van der Waals surface area contributed by atoms with Crippen molar-refractivity contribution < 1.29 is 14.3 Å². The summed E-state index contributed by atoms with van der Waals surface area (Å²) in [6, 6.07) is 13.6. The lowest BCUT2D eigenvalue weighted by atomic mass is 9.85. The van der Waals surface area contributed by atoms with Gasteiger partial charge in [-0.05, 0) is 56.0 Å². The topological polar surface area (TPSA) is 80.3 Å². The van der Waals surface area contributed by atoms with Crippen LogP contribution in [0.1, 0.15) is 42.6 Å². The summed E-state index contributed by atoms with van der Waals surface area (Å²) >= 11 is 0. The van der Waals surface area contributed by atoms with E-state index in [4.69, 9.17) is 4.74 Å². The zero-order valence-electron chi connectivity index (χ0n) is 16.5. The molecule has 6 nitrogen and oxygen atoms in total. The first-order valence-corrected chi connectivity index (χ1v) is 9.61. The SMILES string of the molecule is COc1ccc(CC2(CCC(=O)NCc3cccc(C)n3)CCC(=O)N2)cc1. The summed E-state index contributed by atoms with van der Waals surface area (Å²) in [4.78, 5) is 28.6. The van der Waals surface area contributed by atoms with Crippen LogP contribution in [0.25, 0.3) is 0 Å². The summed E-state index contributed by atoms with van der Waals surface area (Å²) in [6.07, 6.45) is 2.92. The van der Waals surface area contributed by atoms with Gasteiger partial charge in [-0.3, -0.25) is 14.6 Å². The van der Waals surface area contributed by atoms with E-state index in [1.165, 1.54) is 0 Å². The van der Waals surface area contributed by atoms with Crippen molar-refractivity contribution in [1.29, 1.82) is 0 Å². The Morgan fingerprint density at radius 3 is 2.68 bits per heavy atom. The van der Waals surface area contributed by atoms with Gasteiger partial charge in [0, 0.05) is 24.1 Å². The normalized spacial score (nSPS) is 18.6. The molecule has 0 aliphatic carbocycles.